The van der Waals surface area contributed by atoms with Gasteiger partial charge in [0.25, 0.3) is 0 Å². The average Bonchev–Trinajstić information content (AvgIpc) is 2.48. The van der Waals surface area contributed by atoms with Crippen LogP contribution in [0.3, 0.4) is 0 Å². The van der Waals surface area contributed by atoms with Crippen molar-refractivity contribution >= 4 is 20.6 Å². The van der Waals surface area contributed by atoms with Crippen molar-refractivity contribution in [2.75, 3.05) is 5.75 Å². The maximum absolute atomic E-state index is 11.7. The van der Waals surface area contributed by atoms with Crippen molar-refractivity contribution in [3.05, 3.63) is 22.1 Å². The van der Waals surface area contributed by atoms with Gasteiger partial charge in [-0.05, 0) is 43.8 Å². The summed E-state index contributed by atoms with van der Waals surface area (Å²) in [5.74, 6) is 0.958. The molecule has 0 saturated heterocycles. The van der Waals surface area contributed by atoms with Crippen molar-refractivity contribution in [2.24, 2.45) is 0 Å². The third-order valence-corrected chi connectivity index (χ3v) is 5.72. The second kappa shape index (κ2) is 4.01. The van der Waals surface area contributed by atoms with Crippen molar-refractivity contribution < 1.29 is 4.21 Å². The molecule has 72 valence electrons. The van der Waals surface area contributed by atoms with E-state index in [1.54, 1.807) is 10.8 Å². The first-order valence-electron chi connectivity index (χ1n) is 4.73. The van der Waals surface area contributed by atoms with Gasteiger partial charge >= 0.3 is 0 Å². The molecule has 2 rings (SSSR count). The maximum Gasteiger partial charge on any atom is 0.113 e. The fraction of sp³-hybridized carbons (Fsp3) is 0.600. The molecule has 1 aliphatic heterocycles. The summed E-state index contributed by atoms with van der Waals surface area (Å²) in [4.78, 5) is 1.16. The Morgan fingerprint density at radius 1 is 1.46 bits per heavy atom. The normalized spacial score (nSPS) is 29.3. The van der Waals surface area contributed by atoms with E-state index in [0.717, 1.165) is 17.1 Å². The lowest BCUT2D eigenvalue weighted by Crippen LogP contribution is -1.98. The Balaban J connectivity index is 2.28. The molecule has 1 nitrogen and oxygen atoms in total. The topological polar surface area (TPSA) is 17.1 Å². The molecule has 0 N–H and O–H groups in total. The first-order valence-corrected chi connectivity index (χ1v) is 7.38. The van der Waals surface area contributed by atoms with Gasteiger partial charge in [0.1, 0.15) is 9.83 Å². The van der Waals surface area contributed by atoms with Crippen molar-refractivity contribution in [1.29, 1.82) is 0 Å². The Hall–Kier alpha value is -0.0200. The highest BCUT2D eigenvalue weighted by atomic mass is 33.1. The van der Waals surface area contributed by atoms with Gasteiger partial charge in [-0.3, -0.25) is 0 Å². The SMILES string of the molecule is CC1=C(C2=CCCCC2)S(=O)SC1. The second-order valence-electron chi connectivity index (χ2n) is 3.58. The highest BCUT2D eigenvalue weighted by Crippen LogP contribution is 2.38. The van der Waals surface area contributed by atoms with Gasteiger partial charge in [0, 0.05) is 5.75 Å². The smallest absolute Gasteiger partial charge is 0.113 e. The van der Waals surface area contributed by atoms with E-state index in [4.69, 9.17) is 0 Å². The van der Waals surface area contributed by atoms with Gasteiger partial charge < -0.3 is 0 Å². The molecule has 0 aromatic carbocycles. The molecule has 0 spiro atoms. The van der Waals surface area contributed by atoms with Crippen LogP contribution in [0.5, 0.6) is 0 Å². The van der Waals surface area contributed by atoms with Crippen LogP contribution >= 0.6 is 10.8 Å². The molecule has 0 saturated carbocycles. The van der Waals surface area contributed by atoms with E-state index in [2.05, 4.69) is 13.0 Å². The molecule has 1 heterocycles. The first kappa shape index (κ1) is 9.53. The van der Waals surface area contributed by atoms with Gasteiger partial charge in [0.15, 0.2) is 0 Å². The van der Waals surface area contributed by atoms with Crippen LogP contribution in [0, 0.1) is 0 Å². The molecule has 2 aliphatic rings. The van der Waals surface area contributed by atoms with E-state index in [1.807, 2.05) is 0 Å². The molecule has 0 aromatic rings. The van der Waals surface area contributed by atoms with Crippen molar-refractivity contribution in [3.63, 3.8) is 0 Å². The zero-order valence-electron chi connectivity index (χ0n) is 7.84. The van der Waals surface area contributed by atoms with Crippen LogP contribution in [0.15, 0.2) is 22.1 Å². The van der Waals surface area contributed by atoms with Gasteiger partial charge in [0.05, 0.1) is 4.91 Å². The molecule has 0 fully saturated rings. The molecule has 1 unspecified atom stereocenters. The summed E-state index contributed by atoms with van der Waals surface area (Å²) < 4.78 is 11.7. The van der Waals surface area contributed by atoms with Crippen molar-refractivity contribution in [1.82, 2.24) is 0 Å². The lowest BCUT2D eigenvalue weighted by molar-refractivity contribution is 0.690. The summed E-state index contributed by atoms with van der Waals surface area (Å²) >= 11 is 0. The van der Waals surface area contributed by atoms with E-state index in [0.29, 0.717) is 0 Å². The maximum atomic E-state index is 11.7. The first-order chi connectivity index (χ1) is 6.29. The molecular weight excluding hydrogens is 200 g/mol. The van der Waals surface area contributed by atoms with E-state index in [1.165, 1.54) is 30.4 Å². The van der Waals surface area contributed by atoms with E-state index < -0.39 is 9.83 Å². The minimum atomic E-state index is -0.760. The molecule has 0 bridgehead atoms. The minimum Gasteiger partial charge on any atom is -0.243 e. The van der Waals surface area contributed by atoms with E-state index in [9.17, 15) is 4.21 Å². The Labute approximate surface area is 85.5 Å². The number of allylic oxidation sites excluding steroid dienone is 2. The summed E-state index contributed by atoms with van der Waals surface area (Å²) in [5.41, 5.74) is 2.70. The zero-order chi connectivity index (χ0) is 9.26. The fourth-order valence-electron chi connectivity index (χ4n) is 1.83. The standard InChI is InChI=1S/C10H14OS2/c1-8-7-12-13(11)10(8)9-5-3-2-4-6-9/h5H,2-4,6-7H2,1H3. The Morgan fingerprint density at radius 3 is 2.85 bits per heavy atom. The predicted octanol–water partition coefficient (Wildman–Crippen LogP) is 3.17. The lowest BCUT2D eigenvalue weighted by atomic mass is 9.98. The Kier molecular flexibility index (Phi) is 2.94. The third-order valence-electron chi connectivity index (χ3n) is 2.52. The second-order valence-corrected chi connectivity index (χ2v) is 6.60. The van der Waals surface area contributed by atoms with Crippen LogP contribution in [0.25, 0.3) is 0 Å². The molecule has 13 heavy (non-hydrogen) atoms. The Morgan fingerprint density at radius 2 is 2.31 bits per heavy atom. The molecule has 1 aliphatic carbocycles. The number of rotatable bonds is 1. The largest absolute Gasteiger partial charge is 0.243 e. The van der Waals surface area contributed by atoms with Crippen LogP contribution in [-0.2, 0) is 9.83 Å². The Bertz CT molecular complexity index is 302. The number of hydrogen-bond donors (Lipinski definition) is 0. The molecule has 0 amide bonds. The van der Waals surface area contributed by atoms with Crippen LogP contribution in [-0.4, -0.2) is 9.96 Å². The van der Waals surface area contributed by atoms with Gasteiger partial charge in [-0.2, -0.15) is 0 Å². The zero-order valence-corrected chi connectivity index (χ0v) is 9.47. The van der Waals surface area contributed by atoms with Crippen molar-refractivity contribution in [3.8, 4) is 0 Å². The quantitative estimate of drug-likeness (QED) is 0.624. The molecule has 3 heteroatoms. The van der Waals surface area contributed by atoms with Crippen LogP contribution < -0.4 is 0 Å². The molecule has 0 radical (unpaired) electrons. The summed E-state index contributed by atoms with van der Waals surface area (Å²) in [6.07, 6.45) is 7.17. The van der Waals surface area contributed by atoms with E-state index >= 15 is 0 Å². The highest BCUT2D eigenvalue weighted by Gasteiger charge is 2.23. The van der Waals surface area contributed by atoms with Gasteiger partial charge in [-0.1, -0.05) is 16.9 Å². The van der Waals surface area contributed by atoms with Crippen LogP contribution in [0.4, 0.5) is 0 Å². The molecule has 1 atom stereocenters. The molecular formula is C10H14OS2. The monoisotopic (exact) mass is 214 g/mol. The van der Waals surface area contributed by atoms with Gasteiger partial charge in [0.2, 0.25) is 0 Å². The third kappa shape index (κ3) is 1.91. The average molecular weight is 214 g/mol. The minimum absolute atomic E-state index is 0.760. The summed E-state index contributed by atoms with van der Waals surface area (Å²) in [7, 11) is 0.804. The predicted molar refractivity (Wildman–Crippen MR) is 59.9 cm³/mol. The summed E-state index contributed by atoms with van der Waals surface area (Å²) in [6, 6.07) is 0. The van der Waals surface area contributed by atoms with Gasteiger partial charge in [-0.25, -0.2) is 4.21 Å². The van der Waals surface area contributed by atoms with Crippen LogP contribution in [0.2, 0.25) is 0 Å². The summed E-state index contributed by atoms with van der Waals surface area (Å²) in [5, 5.41) is 0. The summed E-state index contributed by atoms with van der Waals surface area (Å²) in [6.45, 7) is 2.11. The lowest BCUT2D eigenvalue weighted by Gasteiger charge is -2.13. The van der Waals surface area contributed by atoms with Crippen molar-refractivity contribution in [2.45, 2.75) is 32.6 Å². The fourth-order valence-corrected chi connectivity index (χ4v) is 5.18. The highest BCUT2D eigenvalue weighted by molar-refractivity contribution is 8.71. The molecule has 0 aromatic heterocycles. The van der Waals surface area contributed by atoms with Crippen LogP contribution in [0.1, 0.15) is 32.6 Å². The van der Waals surface area contributed by atoms with Gasteiger partial charge in [-0.15, -0.1) is 0 Å². The number of hydrogen-bond acceptors (Lipinski definition) is 2. The van der Waals surface area contributed by atoms with E-state index in [-0.39, 0.29) is 0 Å².